The van der Waals surface area contributed by atoms with E-state index in [0.717, 1.165) is 0 Å². The van der Waals surface area contributed by atoms with E-state index in [1.807, 2.05) is 57.5 Å². The molecule has 0 saturated heterocycles. The van der Waals surface area contributed by atoms with Gasteiger partial charge in [-0.25, -0.2) is 0 Å². The minimum Gasteiger partial charge on any atom is -0.382 e. The van der Waals surface area contributed by atoms with Crippen molar-refractivity contribution in [1.29, 1.82) is 0 Å². The van der Waals surface area contributed by atoms with Crippen LogP contribution in [0.4, 0.5) is 0 Å². The van der Waals surface area contributed by atoms with Crippen LogP contribution in [0.5, 0.6) is 0 Å². The van der Waals surface area contributed by atoms with Crippen LogP contribution in [0.1, 0.15) is 19.5 Å². The van der Waals surface area contributed by atoms with Crippen molar-refractivity contribution in [2.75, 3.05) is 14.1 Å². The van der Waals surface area contributed by atoms with Crippen molar-refractivity contribution in [3.63, 3.8) is 0 Å². The van der Waals surface area contributed by atoms with Gasteiger partial charge in [0.25, 0.3) is 0 Å². The summed E-state index contributed by atoms with van der Waals surface area (Å²) in [6.45, 7) is 6.08. The minimum absolute atomic E-state index is 1.25. The molecule has 1 aromatic rings. The van der Waals surface area contributed by atoms with Gasteiger partial charge in [0.1, 0.15) is 0 Å². The highest BCUT2D eigenvalue weighted by Crippen LogP contribution is 1.99. The van der Waals surface area contributed by atoms with Gasteiger partial charge in [-0.3, -0.25) is 0 Å². The average molecular weight is 180 g/mol. The summed E-state index contributed by atoms with van der Waals surface area (Å²) < 4.78 is 2.08. The SMILES string of the molecule is CC.Cc1cccn1/C=C\N(C)C. The van der Waals surface area contributed by atoms with Crippen molar-refractivity contribution in [1.82, 2.24) is 9.47 Å². The Hall–Kier alpha value is -1.18. The lowest BCUT2D eigenvalue weighted by Crippen LogP contribution is -2.01. The Labute approximate surface area is 81.5 Å². The third kappa shape index (κ3) is 4.41. The van der Waals surface area contributed by atoms with Crippen molar-refractivity contribution in [3.05, 3.63) is 30.2 Å². The van der Waals surface area contributed by atoms with Gasteiger partial charge in [0.2, 0.25) is 0 Å². The zero-order chi connectivity index (χ0) is 10.3. The van der Waals surface area contributed by atoms with E-state index in [-0.39, 0.29) is 0 Å². The molecule has 0 aliphatic heterocycles. The summed E-state index contributed by atoms with van der Waals surface area (Å²) in [5.41, 5.74) is 1.25. The number of hydrogen-bond acceptors (Lipinski definition) is 1. The molecule has 0 amide bonds. The quantitative estimate of drug-likeness (QED) is 0.679. The number of nitrogens with zero attached hydrogens (tertiary/aromatic N) is 2. The van der Waals surface area contributed by atoms with Crippen molar-refractivity contribution in [3.8, 4) is 0 Å². The van der Waals surface area contributed by atoms with Crippen LogP contribution in [0.3, 0.4) is 0 Å². The molecule has 0 unspecified atom stereocenters. The summed E-state index contributed by atoms with van der Waals surface area (Å²) in [7, 11) is 4.02. The van der Waals surface area contributed by atoms with Crippen LogP contribution < -0.4 is 0 Å². The van der Waals surface area contributed by atoms with E-state index >= 15 is 0 Å². The van der Waals surface area contributed by atoms with Crippen LogP contribution in [0.2, 0.25) is 0 Å². The van der Waals surface area contributed by atoms with E-state index in [1.165, 1.54) is 5.69 Å². The molecule has 13 heavy (non-hydrogen) atoms. The van der Waals surface area contributed by atoms with Crippen LogP contribution >= 0.6 is 0 Å². The third-order valence-electron chi connectivity index (χ3n) is 1.52. The highest BCUT2D eigenvalue weighted by atomic mass is 15.1. The molecule has 0 fully saturated rings. The number of aryl methyl sites for hydroxylation is 1. The Morgan fingerprint density at radius 1 is 1.31 bits per heavy atom. The zero-order valence-electron chi connectivity index (χ0n) is 9.28. The van der Waals surface area contributed by atoms with Gasteiger partial charge in [-0.1, -0.05) is 13.8 Å². The van der Waals surface area contributed by atoms with Crippen LogP contribution in [0.15, 0.2) is 24.5 Å². The maximum Gasteiger partial charge on any atom is 0.0244 e. The second-order valence-corrected chi connectivity index (χ2v) is 2.82. The molecule has 0 aromatic carbocycles. The van der Waals surface area contributed by atoms with Crippen LogP contribution in [0, 0.1) is 6.92 Å². The first kappa shape index (κ1) is 11.8. The normalized spacial score (nSPS) is 9.62. The van der Waals surface area contributed by atoms with Gasteiger partial charge in [0.05, 0.1) is 0 Å². The lowest BCUT2D eigenvalue weighted by atomic mass is 10.5. The summed E-state index contributed by atoms with van der Waals surface area (Å²) in [5, 5.41) is 0. The molecule has 0 saturated carbocycles. The first-order valence-electron chi connectivity index (χ1n) is 4.68. The fraction of sp³-hybridized carbons (Fsp3) is 0.455. The van der Waals surface area contributed by atoms with E-state index in [0.29, 0.717) is 0 Å². The number of aromatic nitrogens is 1. The van der Waals surface area contributed by atoms with Crippen molar-refractivity contribution in [2.24, 2.45) is 0 Å². The third-order valence-corrected chi connectivity index (χ3v) is 1.52. The molecule has 1 aromatic heterocycles. The molecule has 0 aliphatic rings. The highest BCUT2D eigenvalue weighted by molar-refractivity contribution is 5.26. The smallest absolute Gasteiger partial charge is 0.0244 e. The lowest BCUT2D eigenvalue weighted by molar-refractivity contribution is 0.565. The standard InChI is InChI=1S/C9H14N2.C2H6/c1-9-5-4-6-11(9)8-7-10(2)3;1-2/h4-8H,1-3H3;1-2H3/b8-7-;. The van der Waals surface area contributed by atoms with E-state index < -0.39 is 0 Å². The average Bonchev–Trinajstić information content (AvgIpc) is 2.51. The second kappa shape index (κ2) is 6.35. The largest absolute Gasteiger partial charge is 0.382 e. The second-order valence-electron chi connectivity index (χ2n) is 2.82. The summed E-state index contributed by atoms with van der Waals surface area (Å²) in [6, 6.07) is 4.12. The Kier molecular flexibility index (Phi) is 5.77. The Morgan fingerprint density at radius 2 is 1.92 bits per heavy atom. The van der Waals surface area contributed by atoms with E-state index in [2.05, 4.69) is 17.6 Å². The molecule has 2 nitrogen and oxygen atoms in total. The zero-order valence-corrected chi connectivity index (χ0v) is 9.28. The summed E-state index contributed by atoms with van der Waals surface area (Å²) in [4.78, 5) is 2.01. The molecule has 0 N–H and O–H groups in total. The van der Waals surface area contributed by atoms with Crippen LogP contribution in [0.25, 0.3) is 6.20 Å². The van der Waals surface area contributed by atoms with Gasteiger partial charge in [-0.05, 0) is 19.1 Å². The number of hydrogen-bond donors (Lipinski definition) is 0. The molecule has 0 radical (unpaired) electrons. The maximum absolute atomic E-state index is 2.08. The summed E-state index contributed by atoms with van der Waals surface area (Å²) in [6.07, 6.45) is 6.09. The van der Waals surface area contributed by atoms with Gasteiger partial charge < -0.3 is 9.47 Å². The Morgan fingerprint density at radius 3 is 2.31 bits per heavy atom. The van der Waals surface area contributed by atoms with Crippen LogP contribution in [-0.2, 0) is 0 Å². The van der Waals surface area contributed by atoms with Crippen molar-refractivity contribution < 1.29 is 0 Å². The first-order chi connectivity index (χ1) is 6.20. The highest BCUT2D eigenvalue weighted by Gasteiger charge is 1.87. The van der Waals surface area contributed by atoms with Crippen molar-refractivity contribution in [2.45, 2.75) is 20.8 Å². The maximum atomic E-state index is 2.08. The lowest BCUT2D eigenvalue weighted by Gasteiger charge is -2.04. The van der Waals surface area contributed by atoms with Gasteiger partial charge in [0.15, 0.2) is 0 Å². The Balaban J connectivity index is 0.000000671. The fourth-order valence-corrected chi connectivity index (χ4v) is 0.851. The predicted molar refractivity (Wildman–Crippen MR) is 59.5 cm³/mol. The molecule has 74 valence electrons. The topological polar surface area (TPSA) is 8.17 Å². The van der Waals surface area contributed by atoms with E-state index in [4.69, 9.17) is 0 Å². The van der Waals surface area contributed by atoms with Crippen LogP contribution in [-0.4, -0.2) is 23.6 Å². The minimum atomic E-state index is 1.25. The molecule has 1 rings (SSSR count). The Bertz CT molecular complexity index is 246. The van der Waals surface area contributed by atoms with E-state index in [9.17, 15) is 0 Å². The molecule has 0 bridgehead atoms. The molecule has 0 aliphatic carbocycles. The molecular formula is C11H20N2. The monoisotopic (exact) mass is 180 g/mol. The number of rotatable bonds is 2. The summed E-state index contributed by atoms with van der Waals surface area (Å²) >= 11 is 0. The predicted octanol–water partition coefficient (Wildman–Crippen LogP) is 2.81. The molecule has 1 heterocycles. The molecule has 0 atom stereocenters. The van der Waals surface area contributed by atoms with E-state index in [1.54, 1.807) is 0 Å². The van der Waals surface area contributed by atoms with Crippen molar-refractivity contribution >= 4 is 6.20 Å². The fourth-order valence-electron chi connectivity index (χ4n) is 0.851. The first-order valence-corrected chi connectivity index (χ1v) is 4.68. The van der Waals surface area contributed by atoms with Gasteiger partial charge in [0, 0.05) is 38.4 Å². The van der Waals surface area contributed by atoms with Gasteiger partial charge in [-0.15, -0.1) is 0 Å². The molecule has 2 heteroatoms. The molecular weight excluding hydrogens is 160 g/mol. The van der Waals surface area contributed by atoms with Gasteiger partial charge in [-0.2, -0.15) is 0 Å². The summed E-state index contributed by atoms with van der Waals surface area (Å²) in [5.74, 6) is 0. The molecule has 0 spiro atoms. The van der Waals surface area contributed by atoms with Gasteiger partial charge >= 0.3 is 0 Å².